The van der Waals surface area contributed by atoms with E-state index in [4.69, 9.17) is 9.16 Å². The summed E-state index contributed by atoms with van der Waals surface area (Å²) < 4.78 is 12.5. The molecular weight excluding hydrogens is 388 g/mol. The van der Waals surface area contributed by atoms with E-state index in [1.165, 1.54) is 50.9 Å². The predicted octanol–water partition coefficient (Wildman–Crippen LogP) is 4.04. The van der Waals surface area contributed by atoms with Gasteiger partial charge in [-0.3, -0.25) is 0 Å². The second-order valence-corrected chi connectivity index (χ2v) is 12.4. The van der Waals surface area contributed by atoms with Crippen molar-refractivity contribution < 1.29 is 14.0 Å². The van der Waals surface area contributed by atoms with Gasteiger partial charge in [0.2, 0.25) is 0 Å². The lowest BCUT2D eigenvalue weighted by Crippen LogP contribution is -2.66. The number of aryl methyl sites for hydroxylation is 6. The summed E-state index contributed by atoms with van der Waals surface area (Å²) in [5.41, 5.74) is 7.26. The molecule has 0 aromatic heterocycles. The van der Waals surface area contributed by atoms with Gasteiger partial charge in [-0.2, -0.15) is 0 Å². The van der Waals surface area contributed by atoms with E-state index in [2.05, 4.69) is 71.9 Å². The van der Waals surface area contributed by atoms with E-state index >= 15 is 0 Å². The smallest absolute Gasteiger partial charge is 0.332 e. The largest absolute Gasteiger partial charge is 0.466 e. The maximum Gasteiger partial charge on any atom is 0.332 e. The highest BCUT2D eigenvalue weighted by molar-refractivity contribution is 7.06. The van der Waals surface area contributed by atoms with Crippen molar-refractivity contribution in [2.24, 2.45) is 5.92 Å². The van der Waals surface area contributed by atoms with Gasteiger partial charge >= 0.3 is 5.97 Å². The minimum Gasteiger partial charge on any atom is -0.466 e. The molecule has 3 nitrogen and oxygen atoms in total. The minimum absolute atomic E-state index is 0.00836. The third-order valence-electron chi connectivity index (χ3n) is 6.57. The lowest BCUT2D eigenvalue weighted by molar-refractivity contribution is -0.135. The number of ether oxygens (including phenoxy) is 1. The molecule has 1 atom stereocenters. The first-order chi connectivity index (χ1) is 14.2. The van der Waals surface area contributed by atoms with Crippen LogP contribution in [0.4, 0.5) is 0 Å². The molecule has 1 aliphatic heterocycles. The van der Waals surface area contributed by atoms with Crippen LogP contribution in [0, 0.1) is 47.5 Å². The summed E-state index contributed by atoms with van der Waals surface area (Å²) in [5, 5.41) is 3.18. The molecule has 1 saturated carbocycles. The number of esters is 1. The molecular formula is C26H32O3Si. The number of carbonyl (C=O) groups is 1. The Morgan fingerprint density at radius 1 is 0.867 bits per heavy atom. The number of hydrogen-bond donors (Lipinski definition) is 0. The Bertz CT molecular complexity index is 958. The quantitative estimate of drug-likeness (QED) is 0.553. The third kappa shape index (κ3) is 3.26. The van der Waals surface area contributed by atoms with Gasteiger partial charge in [-0.15, -0.1) is 0 Å². The molecule has 2 aliphatic rings. The van der Waals surface area contributed by atoms with Crippen molar-refractivity contribution in [3.8, 4) is 0 Å². The van der Waals surface area contributed by atoms with Crippen molar-refractivity contribution in [3.63, 3.8) is 0 Å². The van der Waals surface area contributed by atoms with Crippen LogP contribution in [0.15, 0.2) is 35.5 Å². The Balaban J connectivity index is 2.10. The van der Waals surface area contributed by atoms with Gasteiger partial charge in [-0.25, -0.2) is 4.79 Å². The van der Waals surface area contributed by atoms with E-state index in [1.54, 1.807) is 0 Å². The highest BCUT2D eigenvalue weighted by Crippen LogP contribution is 2.42. The summed E-state index contributed by atoms with van der Waals surface area (Å²) in [7, 11) is -1.54. The molecule has 4 rings (SSSR count). The molecule has 158 valence electrons. The van der Waals surface area contributed by atoms with Crippen LogP contribution in [-0.4, -0.2) is 27.5 Å². The van der Waals surface area contributed by atoms with Gasteiger partial charge in [0.15, 0.2) is 0 Å². The summed E-state index contributed by atoms with van der Waals surface area (Å²) in [6.45, 7) is 12.9. The first kappa shape index (κ1) is 21.1. The molecule has 1 fully saturated rings. The fourth-order valence-electron chi connectivity index (χ4n) is 5.54. The molecule has 30 heavy (non-hydrogen) atoms. The molecule has 0 bridgehead atoms. The SMILES string of the molecule is COC(=O)C1=CC(C2CC2)O[Si]1(c1c(C)cc(C)cc1C)c1c(C)cc(C)cc1C. The molecule has 0 amide bonds. The summed E-state index contributed by atoms with van der Waals surface area (Å²) in [6, 6.07) is 8.88. The van der Waals surface area contributed by atoms with Gasteiger partial charge in [0.05, 0.1) is 18.4 Å². The lowest BCUT2D eigenvalue weighted by Gasteiger charge is -2.35. The zero-order valence-electron chi connectivity index (χ0n) is 19.2. The first-order valence-corrected chi connectivity index (χ1v) is 12.7. The standard InChI is InChI=1S/C26H32O3Si/c1-15-10-17(3)24(18(4)11-15)30(25-19(5)12-16(2)13-20(25)6)23(26(27)28-7)14-22(29-30)21-8-9-21/h10-14,21-22H,8-9H2,1-7H3. The average Bonchev–Trinajstić information content (AvgIpc) is 3.41. The lowest BCUT2D eigenvalue weighted by atomic mass is 10.1. The topological polar surface area (TPSA) is 35.5 Å². The van der Waals surface area contributed by atoms with Gasteiger partial charge < -0.3 is 9.16 Å². The molecule has 1 unspecified atom stereocenters. The van der Waals surface area contributed by atoms with Crippen molar-refractivity contribution >= 4 is 24.7 Å². The molecule has 0 radical (unpaired) electrons. The van der Waals surface area contributed by atoms with Gasteiger partial charge in [0.1, 0.15) is 0 Å². The van der Waals surface area contributed by atoms with E-state index in [9.17, 15) is 4.79 Å². The van der Waals surface area contributed by atoms with Crippen LogP contribution >= 0.6 is 0 Å². The highest BCUT2D eigenvalue weighted by Gasteiger charge is 2.57. The molecule has 0 N–H and O–H groups in total. The molecule has 0 spiro atoms. The number of carbonyl (C=O) groups excluding carboxylic acids is 1. The Morgan fingerprint density at radius 3 is 1.67 bits per heavy atom. The molecule has 2 aromatic rings. The number of rotatable bonds is 4. The van der Waals surface area contributed by atoms with Gasteiger partial charge in [-0.1, -0.05) is 35.4 Å². The van der Waals surface area contributed by atoms with Crippen LogP contribution in [0.5, 0.6) is 0 Å². The summed E-state index contributed by atoms with van der Waals surface area (Å²) in [6.07, 6.45) is 4.43. The molecule has 4 heteroatoms. The van der Waals surface area contributed by atoms with Crippen LogP contribution in [-0.2, 0) is 14.0 Å². The molecule has 2 aromatic carbocycles. The van der Waals surface area contributed by atoms with E-state index in [0.29, 0.717) is 5.92 Å². The van der Waals surface area contributed by atoms with Gasteiger partial charge in [-0.05, 0) is 99.0 Å². The van der Waals surface area contributed by atoms with Crippen molar-refractivity contribution in [1.82, 2.24) is 0 Å². The Kier molecular flexibility index (Phi) is 5.27. The normalized spacial score (nSPS) is 20.2. The Labute approximate surface area is 181 Å². The zero-order chi connectivity index (χ0) is 21.8. The second-order valence-electron chi connectivity index (χ2n) is 9.22. The highest BCUT2D eigenvalue weighted by atomic mass is 28.4. The van der Waals surface area contributed by atoms with Crippen molar-refractivity contribution in [3.05, 3.63) is 68.9 Å². The van der Waals surface area contributed by atoms with Crippen LogP contribution in [0.2, 0.25) is 0 Å². The van der Waals surface area contributed by atoms with Crippen molar-refractivity contribution in [2.75, 3.05) is 7.11 Å². The summed E-state index contributed by atoms with van der Waals surface area (Å²) in [5.74, 6) is 0.264. The van der Waals surface area contributed by atoms with Crippen LogP contribution < -0.4 is 10.4 Å². The predicted molar refractivity (Wildman–Crippen MR) is 124 cm³/mol. The van der Waals surface area contributed by atoms with Crippen LogP contribution in [0.3, 0.4) is 0 Å². The minimum atomic E-state index is -3.02. The van der Waals surface area contributed by atoms with E-state index in [0.717, 1.165) is 18.0 Å². The maximum atomic E-state index is 13.2. The fourth-order valence-corrected chi connectivity index (χ4v) is 10.7. The average molecular weight is 421 g/mol. The number of methoxy groups -OCH3 is 1. The van der Waals surface area contributed by atoms with E-state index in [-0.39, 0.29) is 12.1 Å². The fraction of sp³-hybridized carbons (Fsp3) is 0.423. The Hall–Kier alpha value is -2.17. The zero-order valence-corrected chi connectivity index (χ0v) is 20.2. The van der Waals surface area contributed by atoms with Crippen LogP contribution in [0.1, 0.15) is 46.2 Å². The summed E-state index contributed by atoms with van der Waals surface area (Å²) >= 11 is 0. The second kappa shape index (κ2) is 7.51. The van der Waals surface area contributed by atoms with Gasteiger partial charge in [0, 0.05) is 0 Å². The van der Waals surface area contributed by atoms with Crippen LogP contribution in [0.25, 0.3) is 0 Å². The van der Waals surface area contributed by atoms with Crippen molar-refractivity contribution in [1.29, 1.82) is 0 Å². The van der Waals surface area contributed by atoms with E-state index < -0.39 is 8.32 Å². The molecule has 1 aliphatic carbocycles. The van der Waals surface area contributed by atoms with Gasteiger partial charge in [0.25, 0.3) is 8.32 Å². The number of hydrogen-bond acceptors (Lipinski definition) is 3. The number of benzene rings is 2. The maximum absolute atomic E-state index is 13.2. The van der Waals surface area contributed by atoms with Crippen molar-refractivity contribution in [2.45, 2.75) is 60.5 Å². The monoisotopic (exact) mass is 420 g/mol. The first-order valence-electron chi connectivity index (χ1n) is 10.8. The Morgan fingerprint density at radius 2 is 1.30 bits per heavy atom. The van der Waals surface area contributed by atoms with E-state index in [1.807, 2.05) is 0 Å². The molecule has 0 saturated heterocycles. The molecule has 1 heterocycles. The third-order valence-corrected chi connectivity index (χ3v) is 11.3. The summed E-state index contributed by atoms with van der Waals surface area (Å²) in [4.78, 5) is 13.2.